The Morgan fingerprint density at radius 3 is 3.00 bits per heavy atom. The summed E-state index contributed by atoms with van der Waals surface area (Å²) in [6.07, 6.45) is -0.141. The van der Waals surface area contributed by atoms with Crippen LogP contribution in [0.5, 0.6) is 0 Å². The molecule has 0 spiro atoms. The van der Waals surface area contributed by atoms with Gasteiger partial charge in [-0.05, 0) is 30.7 Å². The number of aliphatic hydroxyl groups is 1. The SMILES string of the molecule is Cc1cc(N2CCOC(CO)C2)ccc1/C(N)=N/O. The van der Waals surface area contributed by atoms with E-state index in [4.69, 9.17) is 20.8 Å². The lowest BCUT2D eigenvalue weighted by atomic mass is 10.1. The number of nitrogens with two attached hydrogens (primary N) is 1. The van der Waals surface area contributed by atoms with Gasteiger partial charge >= 0.3 is 0 Å². The predicted octanol–water partition coefficient (Wildman–Crippen LogP) is 0.287. The zero-order chi connectivity index (χ0) is 13.8. The van der Waals surface area contributed by atoms with E-state index in [9.17, 15) is 0 Å². The molecule has 1 saturated heterocycles. The summed E-state index contributed by atoms with van der Waals surface area (Å²) in [7, 11) is 0. The summed E-state index contributed by atoms with van der Waals surface area (Å²) in [5.74, 6) is 0.110. The van der Waals surface area contributed by atoms with Gasteiger partial charge in [0.25, 0.3) is 0 Å². The molecular weight excluding hydrogens is 246 g/mol. The fraction of sp³-hybridized carbons (Fsp3) is 0.462. The van der Waals surface area contributed by atoms with Gasteiger partial charge in [0.05, 0.1) is 19.3 Å². The Labute approximate surface area is 112 Å². The summed E-state index contributed by atoms with van der Waals surface area (Å²) < 4.78 is 5.42. The number of nitrogens with zero attached hydrogens (tertiary/aromatic N) is 2. The topological polar surface area (TPSA) is 91.3 Å². The summed E-state index contributed by atoms with van der Waals surface area (Å²) in [6.45, 7) is 4.00. The van der Waals surface area contributed by atoms with Crippen molar-refractivity contribution in [3.63, 3.8) is 0 Å². The number of morpholine rings is 1. The molecule has 1 unspecified atom stereocenters. The lowest BCUT2D eigenvalue weighted by Crippen LogP contribution is -2.44. The van der Waals surface area contributed by atoms with Crippen molar-refractivity contribution in [2.45, 2.75) is 13.0 Å². The molecule has 0 aromatic heterocycles. The predicted molar refractivity (Wildman–Crippen MR) is 72.7 cm³/mol. The number of benzene rings is 1. The molecule has 1 atom stereocenters. The number of hydrogen-bond acceptors (Lipinski definition) is 5. The third kappa shape index (κ3) is 2.97. The van der Waals surface area contributed by atoms with Crippen molar-refractivity contribution in [2.24, 2.45) is 10.9 Å². The van der Waals surface area contributed by atoms with Crippen molar-refractivity contribution >= 4 is 11.5 Å². The molecule has 1 aliphatic heterocycles. The number of aryl methyl sites for hydroxylation is 1. The van der Waals surface area contributed by atoms with Crippen LogP contribution in [0.3, 0.4) is 0 Å². The smallest absolute Gasteiger partial charge is 0.170 e. The van der Waals surface area contributed by atoms with Gasteiger partial charge in [-0.1, -0.05) is 5.16 Å². The summed E-state index contributed by atoms with van der Waals surface area (Å²) >= 11 is 0. The first-order chi connectivity index (χ1) is 9.15. The van der Waals surface area contributed by atoms with E-state index in [1.807, 2.05) is 25.1 Å². The summed E-state index contributed by atoms with van der Waals surface area (Å²) in [5.41, 5.74) is 8.32. The van der Waals surface area contributed by atoms with E-state index in [1.54, 1.807) is 0 Å². The van der Waals surface area contributed by atoms with Crippen molar-refractivity contribution in [2.75, 3.05) is 31.2 Å². The Bertz CT molecular complexity index is 476. The number of oxime groups is 1. The first kappa shape index (κ1) is 13.6. The monoisotopic (exact) mass is 265 g/mol. The molecule has 6 nitrogen and oxygen atoms in total. The number of anilines is 1. The summed E-state index contributed by atoms with van der Waals surface area (Å²) in [4.78, 5) is 2.16. The van der Waals surface area contributed by atoms with Crippen LogP contribution < -0.4 is 10.6 Å². The Hall–Kier alpha value is -1.79. The molecule has 2 rings (SSSR count). The third-order valence-electron chi connectivity index (χ3n) is 3.30. The zero-order valence-electron chi connectivity index (χ0n) is 10.9. The Morgan fingerprint density at radius 1 is 1.58 bits per heavy atom. The van der Waals surface area contributed by atoms with Gasteiger partial charge in [-0.15, -0.1) is 0 Å². The highest BCUT2D eigenvalue weighted by atomic mass is 16.5. The minimum absolute atomic E-state index is 0.0255. The average Bonchev–Trinajstić information content (AvgIpc) is 2.46. The Kier molecular flexibility index (Phi) is 4.24. The number of hydrogen-bond donors (Lipinski definition) is 3. The van der Waals surface area contributed by atoms with Crippen molar-refractivity contribution in [3.8, 4) is 0 Å². The molecule has 1 heterocycles. The molecule has 0 amide bonds. The van der Waals surface area contributed by atoms with Gasteiger partial charge in [-0.2, -0.15) is 0 Å². The van der Waals surface area contributed by atoms with Gasteiger partial charge in [0.2, 0.25) is 0 Å². The van der Waals surface area contributed by atoms with Crippen molar-refractivity contribution in [1.29, 1.82) is 0 Å². The van der Waals surface area contributed by atoms with E-state index in [0.29, 0.717) is 13.2 Å². The van der Waals surface area contributed by atoms with E-state index in [-0.39, 0.29) is 18.5 Å². The minimum Gasteiger partial charge on any atom is -0.409 e. The van der Waals surface area contributed by atoms with Crippen molar-refractivity contribution in [3.05, 3.63) is 29.3 Å². The van der Waals surface area contributed by atoms with Gasteiger partial charge in [-0.3, -0.25) is 0 Å². The van der Waals surface area contributed by atoms with E-state index in [1.165, 1.54) is 0 Å². The molecule has 1 aromatic carbocycles. The van der Waals surface area contributed by atoms with Gasteiger partial charge in [0.1, 0.15) is 0 Å². The maximum atomic E-state index is 9.15. The molecule has 104 valence electrons. The molecule has 19 heavy (non-hydrogen) atoms. The standard InChI is InChI=1S/C13H19N3O3/c1-9-6-10(2-3-12(9)13(14)15-18)16-4-5-19-11(7-16)8-17/h2-3,6,11,17-18H,4-5,7-8H2,1H3,(H2,14,15). The molecular formula is C13H19N3O3. The third-order valence-corrected chi connectivity index (χ3v) is 3.30. The highest BCUT2D eigenvalue weighted by molar-refractivity contribution is 5.98. The lowest BCUT2D eigenvalue weighted by molar-refractivity contribution is 0.00356. The average molecular weight is 265 g/mol. The first-order valence-electron chi connectivity index (χ1n) is 6.21. The summed E-state index contributed by atoms with van der Waals surface area (Å²) in [6, 6.07) is 5.76. The fourth-order valence-electron chi connectivity index (χ4n) is 2.25. The second-order valence-electron chi connectivity index (χ2n) is 4.61. The molecule has 0 saturated carbocycles. The van der Waals surface area contributed by atoms with E-state index in [2.05, 4.69) is 10.1 Å². The highest BCUT2D eigenvalue weighted by Gasteiger charge is 2.20. The zero-order valence-corrected chi connectivity index (χ0v) is 10.9. The van der Waals surface area contributed by atoms with Crippen LogP contribution in [-0.2, 0) is 4.74 Å². The van der Waals surface area contributed by atoms with Crippen LogP contribution in [0.25, 0.3) is 0 Å². The molecule has 0 bridgehead atoms. The van der Waals surface area contributed by atoms with E-state index < -0.39 is 0 Å². The first-order valence-corrected chi connectivity index (χ1v) is 6.21. The molecule has 1 fully saturated rings. The molecule has 1 aromatic rings. The summed E-state index contributed by atoms with van der Waals surface area (Å²) in [5, 5.41) is 20.9. The second kappa shape index (κ2) is 5.90. The van der Waals surface area contributed by atoms with Gasteiger partial charge in [0.15, 0.2) is 5.84 Å². The van der Waals surface area contributed by atoms with Crippen LogP contribution in [0, 0.1) is 6.92 Å². The quantitative estimate of drug-likeness (QED) is 0.316. The minimum atomic E-state index is -0.141. The van der Waals surface area contributed by atoms with Gasteiger partial charge < -0.3 is 25.7 Å². The number of aliphatic hydroxyl groups excluding tert-OH is 1. The largest absolute Gasteiger partial charge is 0.409 e. The van der Waals surface area contributed by atoms with Crippen molar-refractivity contribution < 1.29 is 15.1 Å². The van der Waals surface area contributed by atoms with Gasteiger partial charge in [0, 0.05) is 24.3 Å². The van der Waals surface area contributed by atoms with Crippen LogP contribution in [0.2, 0.25) is 0 Å². The second-order valence-corrected chi connectivity index (χ2v) is 4.61. The number of amidine groups is 1. The molecule has 0 aliphatic carbocycles. The maximum Gasteiger partial charge on any atom is 0.170 e. The molecule has 1 aliphatic rings. The number of ether oxygens (including phenoxy) is 1. The Morgan fingerprint density at radius 2 is 2.37 bits per heavy atom. The van der Waals surface area contributed by atoms with Crippen LogP contribution in [0.4, 0.5) is 5.69 Å². The highest BCUT2D eigenvalue weighted by Crippen LogP contribution is 2.21. The van der Waals surface area contributed by atoms with Crippen LogP contribution >= 0.6 is 0 Å². The lowest BCUT2D eigenvalue weighted by Gasteiger charge is -2.34. The van der Waals surface area contributed by atoms with Crippen LogP contribution in [0.15, 0.2) is 23.4 Å². The van der Waals surface area contributed by atoms with Crippen LogP contribution in [-0.4, -0.2) is 48.6 Å². The normalized spacial score (nSPS) is 20.6. The number of rotatable bonds is 3. The Balaban J connectivity index is 2.20. The van der Waals surface area contributed by atoms with E-state index in [0.717, 1.165) is 23.4 Å². The molecule has 0 radical (unpaired) electrons. The fourth-order valence-corrected chi connectivity index (χ4v) is 2.25. The molecule has 6 heteroatoms. The van der Waals surface area contributed by atoms with Crippen molar-refractivity contribution in [1.82, 2.24) is 0 Å². The van der Waals surface area contributed by atoms with Gasteiger partial charge in [-0.25, -0.2) is 0 Å². The maximum absolute atomic E-state index is 9.15. The van der Waals surface area contributed by atoms with E-state index >= 15 is 0 Å². The van der Waals surface area contributed by atoms with Crippen LogP contribution in [0.1, 0.15) is 11.1 Å². The molecule has 4 N–H and O–H groups in total.